The molecule has 8 nitrogen and oxygen atoms in total. The van der Waals surface area contributed by atoms with E-state index in [2.05, 4.69) is 0 Å². The molecule has 0 aliphatic carbocycles. The fraction of sp³-hybridized carbons (Fsp3) is 0.429. The summed E-state index contributed by atoms with van der Waals surface area (Å²) in [4.78, 5) is 26.0. The zero-order valence-corrected chi connectivity index (χ0v) is 13.2. The molecule has 1 saturated heterocycles. The quantitative estimate of drug-likeness (QED) is 0.567. The average molecular weight is 341 g/mol. The number of carbonyl (C=O) groups excluding carboxylic acids is 2. The number of carboxylic acid groups (broad SMARTS) is 1. The van der Waals surface area contributed by atoms with Crippen molar-refractivity contribution in [3.63, 3.8) is 0 Å². The summed E-state index contributed by atoms with van der Waals surface area (Å²) in [7, 11) is -4.24. The molecular weight excluding hydrogens is 324 g/mol. The first-order valence-electron chi connectivity index (χ1n) is 7.15. The first-order chi connectivity index (χ1) is 10.8. The molecule has 23 heavy (non-hydrogen) atoms. The highest BCUT2D eigenvalue weighted by atomic mass is 32.2. The number of nitrogens with zero attached hydrogens (tertiary/aromatic N) is 1. The van der Waals surface area contributed by atoms with E-state index in [0.717, 1.165) is 4.90 Å². The van der Waals surface area contributed by atoms with Gasteiger partial charge >= 0.3 is 0 Å². The molecule has 1 aliphatic rings. The highest BCUT2D eigenvalue weighted by Gasteiger charge is 2.26. The van der Waals surface area contributed by atoms with Crippen LogP contribution in [0, 0.1) is 0 Å². The molecule has 9 heteroatoms. The van der Waals surface area contributed by atoms with Crippen molar-refractivity contribution >= 4 is 22.0 Å². The molecule has 0 aromatic heterocycles. The third-order valence-corrected chi connectivity index (χ3v) is 4.54. The number of piperazine rings is 1. The lowest BCUT2D eigenvalue weighted by molar-refractivity contribution is -0.901. The van der Waals surface area contributed by atoms with Crippen molar-refractivity contribution in [3.8, 4) is 0 Å². The summed E-state index contributed by atoms with van der Waals surface area (Å²) in [5, 5.41) is 11.1. The molecule has 126 valence electrons. The minimum absolute atomic E-state index is 0.0816. The number of amides is 1. The molecule has 0 unspecified atom stereocenters. The van der Waals surface area contributed by atoms with Gasteiger partial charge in [0, 0.05) is 11.1 Å². The fourth-order valence-corrected chi connectivity index (χ4v) is 3.10. The largest absolute Gasteiger partial charge is 0.748 e. The van der Waals surface area contributed by atoms with Gasteiger partial charge in [0.1, 0.15) is 10.1 Å². The number of benzene rings is 1. The Morgan fingerprint density at radius 3 is 2.22 bits per heavy atom. The third kappa shape index (κ3) is 4.75. The minimum Gasteiger partial charge on any atom is -0.748 e. The monoisotopic (exact) mass is 341 g/mol. The third-order valence-electron chi connectivity index (χ3n) is 3.84. The standard InChI is InChI=1S/C14H18N2O6S/c17-13(11-3-1-2-4-12(11)14(18)19)16-7-5-15(6-8-16)9-10-23(20,21)22/h1-4H,5-10H2,(H,18,19)(H,20,21,22)/p-1. The van der Waals surface area contributed by atoms with Crippen molar-refractivity contribution < 1.29 is 32.6 Å². The Labute approximate surface area is 134 Å². The fourth-order valence-electron chi connectivity index (χ4n) is 2.56. The van der Waals surface area contributed by atoms with Gasteiger partial charge in [-0.1, -0.05) is 18.2 Å². The Hall–Kier alpha value is -1.97. The van der Waals surface area contributed by atoms with Gasteiger partial charge in [0.2, 0.25) is 0 Å². The number of carbonyl (C=O) groups is 2. The Morgan fingerprint density at radius 1 is 1.13 bits per heavy atom. The number of hydrogen-bond acceptors (Lipinski definition) is 6. The number of quaternary nitrogens is 1. The Morgan fingerprint density at radius 2 is 1.70 bits per heavy atom. The number of carboxylic acids is 1. The molecule has 2 rings (SSSR count). The summed E-state index contributed by atoms with van der Waals surface area (Å²) in [5.74, 6) is -2.22. The maximum Gasteiger partial charge on any atom is 0.254 e. The normalized spacial score (nSPS) is 16.3. The molecule has 0 radical (unpaired) electrons. The summed E-state index contributed by atoms with van der Waals surface area (Å²) in [6, 6.07) is 5.87. The summed E-state index contributed by atoms with van der Waals surface area (Å²) >= 11 is 0. The highest BCUT2D eigenvalue weighted by molar-refractivity contribution is 7.85. The molecular formula is C14H17N2O6S-. The first-order valence-corrected chi connectivity index (χ1v) is 8.72. The van der Waals surface area contributed by atoms with Crippen molar-refractivity contribution in [1.29, 1.82) is 0 Å². The lowest BCUT2D eigenvalue weighted by Gasteiger charge is -2.32. The SMILES string of the molecule is O=C([O-])c1ccccc1C(=O)N1CC[NH+](CCS(=O)(=O)[O-])CC1. The molecule has 1 heterocycles. The van der Waals surface area contributed by atoms with Gasteiger partial charge in [0.25, 0.3) is 5.91 Å². The van der Waals surface area contributed by atoms with E-state index in [1.54, 1.807) is 6.07 Å². The second kappa shape index (κ2) is 7.07. The van der Waals surface area contributed by atoms with E-state index in [0.29, 0.717) is 26.2 Å². The topological polar surface area (TPSA) is 122 Å². The second-order valence-electron chi connectivity index (χ2n) is 5.39. The molecule has 1 aliphatic heterocycles. The zero-order valence-electron chi connectivity index (χ0n) is 12.4. The predicted octanol–water partition coefficient (Wildman–Crippen LogP) is -3.06. The maximum atomic E-state index is 12.4. The van der Waals surface area contributed by atoms with Gasteiger partial charge in [-0.2, -0.15) is 0 Å². The van der Waals surface area contributed by atoms with Gasteiger partial charge in [-0.05, 0) is 6.07 Å². The van der Waals surface area contributed by atoms with Crippen LogP contribution in [0.1, 0.15) is 20.7 Å². The highest BCUT2D eigenvalue weighted by Crippen LogP contribution is 2.11. The molecule has 0 saturated carbocycles. The van der Waals surface area contributed by atoms with E-state index in [1.165, 1.54) is 23.1 Å². The maximum absolute atomic E-state index is 12.4. The van der Waals surface area contributed by atoms with Crippen LogP contribution in [0.5, 0.6) is 0 Å². The van der Waals surface area contributed by atoms with Crippen LogP contribution in [-0.2, 0) is 10.1 Å². The Balaban J connectivity index is 1.98. The summed E-state index contributed by atoms with van der Waals surface area (Å²) in [6.45, 7) is 1.97. The van der Waals surface area contributed by atoms with E-state index in [9.17, 15) is 27.7 Å². The lowest BCUT2D eigenvalue weighted by Crippen LogP contribution is -3.15. The van der Waals surface area contributed by atoms with Crippen LogP contribution >= 0.6 is 0 Å². The van der Waals surface area contributed by atoms with E-state index in [1.807, 2.05) is 0 Å². The molecule has 1 aromatic rings. The lowest BCUT2D eigenvalue weighted by atomic mass is 10.1. The predicted molar refractivity (Wildman–Crippen MR) is 76.8 cm³/mol. The molecule has 1 aromatic carbocycles. The van der Waals surface area contributed by atoms with Crippen LogP contribution in [0.15, 0.2) is 24.3 Å². The van der Waals surface area contributed by atoms with Crippen LogP contribution in [-0.4, -0.2) is 68.2 Å². The Bertz CT molecular complexity index is 695. The second-order valence-corrected chi connectivity index (χ2v) is 6.91. The van der Waals surface area contributed by atoms with E-state index in [-0.39, 0.29) is 23.6 Å². The summed E-state index contributed by atoms with van der Waals surface area (Å²) < 4.78 is 31.9. The van der Waals surface area contributed by atoms with E-state index < -0.39 is 21.8 Å². The molecule has 1 amide bonds. The van der Waals surface area contributed by atoms with E-state index in [4.69, 9.17) is 0 Å². The number of aromatic carboxylic acids is 1. The van der Waals surface area contributed by atoms with Crippen molar-refractivity contribution in [1.82, 2.24) is 4.90 Å². The van der Waals surface area contributed by atoms with Crippen LogP contribution in [0.2, 0.25) is 0 Å². The molecule has 0 bridgehead atoms. The van der Waals surface area contributed by atoms with Crippen molar-refractivity contribution in [2.45, 2.75) is 0 Å². The molecule has 0 spiro atoms. The van der Waals surface area contributed by atoms with Gasteiger partial charge in [0.05, 0.1) is 44.4 Å². The first kappa shape index (κ1) is 17.4. The van der Waals surface area contributed by atoms with Crippen LogP contribution < -0.4 is 10.0 Å². The molecule has 1 N–H and O–H groups in total. The number of rotatable bonds is 5. The van der Waals surface area contributed by atoms with Gasteiger partial charge < -0.3 is 24.3 Å². The average Bonchev–Trinajstić information content (AvgIpc) is 2.52. The van der Waals surface area contributed by atoms with Crippen molar-refractivity contribution in [2.75, 3.05) is 38.5 Å². The van der Waals surface area contributed by atoms with Gasteiger partial charge in [-0.25, -0.2) is 8.42 Å². The van der Waals surface area contributed by atoms with E-state index >= 15 is 0 Å². The van der Waals surface area contributed by atoms with Crippen molar-refractivity contribution in [2.24, 2.45) is 0 Å². The smallest absolute Gasteiger partial charge is 0.254 e. The zero-order chi connectivity index (χ0) is 17.0. The minimum atomic E-state index is -4.24. The number of nitrogens with one attached hydrogen (secondary N) is 1. The molecule has 0 atom stereocenters. The van der Waals surface area contributed by atoms with Crippen LogP contribution in [0.4, 0.5) is 0 Å². The summed E-state index contributed by atoms with van der Waals surface area (Å²) in [5.41, 5.74) is -0.0668. The number of hydrogen-bond donors (Lipinski definition) is 1. The van der Waals surface area contributed by atoms with Gasteiger partial charge in [-0.3, -0.25) is 4.79 Å². The van der Waals surface area contributed by atoms with Crippen LogP contribution in [0.3, 0.4) is 0 Å². The van der Waals surface area contributed by atoms with Gasteiger partial charge in [0.15, 0.2) is 0 Å². The van der Waals surface area contributed by atoms with Crippen molar-refractivity contribution in [3.05, 3.63) is 35.4 Å². The molecule has 1 fully saturated rings. The summed E-state index contributed by atoms with van der Waals surface area (Å²) in [6.07, 6.45) is 0. The van der Waals surface area contributed by atoms with Gasteiger partial charge in [-0.15, -0.1) is 0 Å². The van der Waals surface area contributed by atoms with Crippen LogP contribution in [0.25, 0.3) is 0 Å². The Kier molecular flexibility index (Phi) is 5.34.